The molecule has 0 aliphatic carbocycles. The van der Waals surface area contributed by atoms with Crippen LogP contribution >= 0.6 is 0 Å². The molecule has 0 aromatic heterocycles. The third-order valence-electron chi connectivity index (χ3n) is 10.7. The van der Waals surface area contributed by atoms with E-state index in [2.05, 4.69) is 0 Å². The Hall–Kier alpha value is -4.34. The molecule has 2 saturated heterocycles. The minimum atomic E-state index is -1.17. The Labute approximate surface area is 353 Å². The molecule has 2 aliphatic heterocycles. The zero-order valence-corrected chi connectivity index (χ0v) is 34.2. The SMILES string of the molecule is CO[C@H]1O[C@H](COCc2ccccc2)[C@@H](OCc2ccccc2)[C@@H](O)[C@@H]1OC[C@H]1O[C@H](OC)[C@H](OCc2ccccc2)[C@@H](OCc2ccccc2)[C@@H]1OCc1ccccc1. The molecule has 11 nitrogen and oxygen atoms in total. The second kappa shape index (κ2) is 23.0. The van der Waals surface area contributed by atoms with Gasteiger partial charge in [-0.1, -0.05) is 152 Å². The van der Waals surface area contributed by atoms with E-state index in [-0.39, 0.29) is 26.4 Å². The Bertz CT molecular complexity index is 1910. The lowest BCUT2D eigenvalue weighted by Crippen LogP contribution is -2.63. The number of aliphatic hydroxyl groups is 1. The van der Waals surface area contributed by atoms with Gasteiger partial charge in [-0.2, -0.15) is 0 Å². The zero-order valence-electron chi connectivity index (χ0n) is 34.2. The fraction of sp³-hybridized carbons (Fsp3) is 0.388. The molecule has 0 saturated carbocycles. The number of methoxy groups -OCH3 is 2. The Morgan fingerprint density at radius 3 is 1.17 bits per heavy atom. The van der Waals surface area contributed by atoms with Crippen LogP contribution in [0.4, 0.5) is 0 Å². The molecule has 5 aromatic rings. The van der Waals surface area contributed by atoms with Gasteiger partial charge in [0.1, 0.15) is 48.8 Å². The van der Waals surface area contributed by atoms with Crippen LogP contribution < -0.4 is 0 Å². The van der Waals surface area contributed by atoms with E-state index in [1.165, 1.54) is 7.11 Å². The summed E-state index contributed by atoms with van der Waals surface area (Å²) in [6.45, 7) is 1.59. The van der Waals surface area contributed by atoms with Gasteiger partial charge in [0.25, 0.3) is 0 Å². The number of rotatable bonds is 21. The lowest BCUT2D eigenvalue weighted by molar-refractivity contribution is -0.340. The van der Waals surface area contributed by atoms with Crippen molar-refractivity contribution >= 4 is 0 Å². The molecule has 0 amide bonds. The molecule has 1 N–H and O–H groups in total. The van der Waals surface area contributed by atoms with Crippen molar-refractivity contribution in [2.75, 3.05) is 27.4 Å². The topological polar surface area (TPSA) is 113 Å². The summed E-state index contributed by atoms with van der Waals surface area (Å²) in [5, 5.41) is 12.1. The quantitative estimate of drug-likeness (QED) is 0.0824. The van der Waals surface area contributed by atoms with Crippen LogP contribution in [-0.2, 0) is 80.4 Å². The van der Waals surface area contributed by atoms with Crippen LogP contribution in [0.25, 0.3) is 0 Å². The molecule has 0 bridgehead atoms. The third kappa shape index (κ3) is 12.2. The third-order valence-corrected chi connectivity index (χ3v) is 10.7. The van der Waals surface area contributed by atoms with Crippen LogP contribution in [0.2, 0.25) is 0 Å². The van der Waals surface area contributed by atoms with Crippen LogP contribution in [0.1, 0.15) is 27.8 Å². The summed E-state index contributed by atoms with van der Waals surface area (Å²) in [5.41, 5.74) is 4.92. The lowest BCUT2D eigenvalue weighted by Gasteiger charge is -2.47. The van der Waals surface area contributed by atoms with Gasteiger partial charge < -0.3 is 52.5 Å². The van der Waals surface area contributed by atoms with Gasteiger partial charge in [-0.3, -0.25) is 0 Å². The monoisotopic (exact) mass is 820 g/mol. The smallest absolute Gasteiger partial charge is 0.186 e. The van der Waals surface area contributed by atoms with Crippen molar-refractivity contribution in [1.29, 1.82) is 0 Å². The van der Waals surface area contributed by atoms with Gasteiger partial charge in [-0.15, -0.1) is 0 Å². The van der Waals surface area contributed by atoms with E-state index < -0.39 is 61.4 Å². The van der Waals surface area contributed by atoms with Crippen molar-refractivity contribution in [3.8, 4) is 0 Å². The number of aliphatic hydroxyl groups excluding tert-OH is 1. The first kappa shape index (κ1) is 43.7. The van der Waals surface area contributed by atoms with Gasteiger partial charge in [-0.05, 0) is 27.8 Å². The predicted molar refractivity (Wildman–Crippen MR) is 223 cm³/mol. The molecule has 0 radical (unpaired) electrons. The Morgan fingerprint density at radius 2 is 0.733 bits per heavy atom. The van der Waals surface area contributed by atoms with Gasteiger partial charge >= 0.3 is 0 Å². The molecule has 10 atom stereocenters. The maximum Gasteiger partial charge on any atom is 0.186 e. The Balaban J connectivity index is 1.12. The van der Waals surface area contributed by atoms with Crippen LogP contribution in [0.5, 0.6) is 0 Å². The average molecular weight is 821 g/mol. The molecule has 2 heterocycles. The van der Waals surface area contributed by atoms with Gasteiger partial charge in [0.2, 0.25) is 0 Å². The fourth-order valence-corrected chi connectivity index (χ4v) is 7.51. The summed E-state index contributed by atoms with van der Waals surface area (Å²) < 4.78 is 64.2. The maximum absolute atomic E-state index is 12.1. The van der Waals surface area contributed by atoms with Gasteiger partial charge in [0, 0.05) is 14.2 Å². The summed E-state index contributed by atoms with van der Waals surface area (Å²) in [5.74, 6) is 0. The van der Waals surface area contributed by atoms with Crippen molar-refractivity contribution in [2.45, 2.75) is 94.4 Å². The second-order valence-electron chi connectivity index (χ2n) is 14.9. The molecular weight excluding hydrogens is 765 g/mol. The first-order valence-electron chi connectivity index (χ1n) is 20.5. The lowest BCUT2D eigenvalue weighted by atomic mass is 9.96. The molecule has 60 heavy (non-hydrogen) atoms. The van der Waals surface area contributed by atoms with E-state index >= 15 is 0 Å². The van der Waals surface area contributed by atoms with Gasteiger partial charge in [0.05, 0.1) is 46.2 Å². The molecule has 0 unspecified atom stereocenters. The Kier molecular flexibility index (Phi) is 16.8. The highest BCUT2D eigenvalue weighted by Gasteiger charge is 2.51. The van der Waals surface area contributed by atoms with E-state index in [0.717, 1.165) is 27.8 Å². The number of hydrogen-bond donors (Lipinski definition) is 1. The molecule has 318 valence electrons. The summed E-state index contributed by atoms with van der Waals surface area (Å²) in [6.07, 6.45) is -8.23. The molecular formula is C49H56O11. The van der Waals surface area contributed by atoms with E-state index in [1.807, 2.05) is 152 Å². The first-order valence-corrected chi connectivity index (χ1v) is 20.5. The van der Waals surface area contributed by atoms with Gasteiger partial charge in [-0.25, -0.2) is 0 Å². The molecule has 5 aromatic carbocycles. The summed E-state index contributed by atoms with van der Waals surface area (Å²) in [6, 6.07) is 49.4. The molecule has 11 heteroatoms. The van der Waals surface area contributed by atoms with E-state index in [9.17, 15) is 5.11 Å². The normalized spacial score (nSPS) is 26.8. The highest BCUT2D eigenvalue weighted by atomic mass is 16.7. The van der Waals surface area contributed by atoms with E-state index in [0.29, 0.717) is 19.8 Å². The highest BCUT2D eigenvalue weighted by molar-refractivity contribution is 5.17. The van der Waals surface area contributed by atoms with E-state index in [4.69, 9.17) is 47.4 Å². The van der Waals surface area contributed by atoms with Crippen LogP contribution in [0.15, 0.2) is 152 Å². The van der Waals surface area contributed by atoms with Crippen molar-refractivity contribution < 1.29 is 52.5 Å². The van der Waals surface area contributed by atoms with Crippen molar-refractivity contribution in [2.24, 2.45) is 0 Å². The number of ether oxygens (including phenoxy) is 10. The predicted octanol–water partition coefficient (Wildman–Crippen LogP) is 7.03. The Morgan fingerprint density at radius 1 is 0.383 bits per heavy atom. The van der Waals surface area contributed by atoms with Crippen LogP contribution in [0, 0.1) is 0 Å². The first-order chi connectivity index (χ1) is 29.6. The summed E-state index contributed by atoms with van der Waals surface area (Å²) in [4.78, 5) is 0. The average Bonchev–Trinajstić information content (AvgIpc) is 3.30. The fourth-order valence-electron chi connectivity index (χ4n) is 7.51. The molecule has 7 rings (SSSR count). The van der Waals surface area contributed by atoms with Crippen molar-refractivity contribution in [1.82, 2.24) is 0 Å². The van der Waals surface area contributed by atoms with Gasteiger partial charge in [0.15, 0.2) is 12.6 Å². The van der Waals surface area contributed by atoms with Crippen molar-refractivity contribution in [3.63, 3.8) is 0 Å². The number of hydrogen-bond acceptors (Lipinski definition) is 11. The van der Waals surface area contributed by atoms with Crippen molar-refractivity contribution in [3.05, 3.63) is 179 Å². The second-order valence-corrected chi connectivity index (χ2v) is 14.9. The standard InChI is InChI=1S/C49H56O11/c1-51-48-45(42(50)43(54-29-36-20-10-4-11-21-36)40(59-48)33-53-28-35-18-8-3-9-19-35)58-34-41-44(55-30-37-22-12-5-13-23-37)46(56-31-38-24-14-6-15-25-38)47(49(52-2)60-41)57-32-39-26-16-7-17-27-39/h3-27,40-50H,28-34H2,1-2H3/t40-,41-,42-,43-,44-,45+,46+,47-,48+,49+/m1/s1. The molecule has 2 aliphatic rings. The minimum absolute atomic E-state index is 0.0402. The largest absolute Gasteiger partial charge is 0.387 e. The highest BCUT2D eigenvalue weighted by Crippen LogP contribution is 2.33. The number of benzene rings is 5. The summed E-state index contributed by atoms with van der Waals surface area (Å²) >= 11 is 0. The molecule has 0 spiro atoms. The van der Waals surface area contributed by atoms with Crippen LogP contribution in [-0.4, -0.2) is 94.0 Å². The van der Waals surface area contributed by atoms with Crippen LogP contribution in [0.3, 0.4) is 0 Å². The minimum Gasteiger partial charge on any atom is -0.387 e. The molecule has 2 fully saturated rings. The summed E-state index contributed by atoms with van der Waals surface area (Å²) in [7, 11) is 3.10. The zero-order chi connectivity index (χ0) is 41.4. The van der Waals surface area contributed by atoms with E-state index in [1.54, 1.807) is 7.11 Å². The maximum atomic E-state index is 12.1.